The van der Waals surface area contributed by atoms with Crippen LogP contribution in [0.1, 0.15) is 51.6 Å². The summed E-state index contributed by atoms with van der Waals surface area (Å²) in [7, 11) is 0. The highest BCUT2D eigenvalue weighted by Crippen LogP contribution is 2.32. The molecule has 1 atom stereocenters. The Labute approximate surface area is 134 Å². The largest absolute Gasteiger partial charge is 0.444 e. The van der Waals surface area contributed by atoms with E-state index in [1.807, 2.05) is 25.7 Å². The number of carbonyl (C=O) groups excluding carboxylic acids is 1. The molecule has 0 radical (unpaired) electrons. The number of piperidine rings is 1. The fraction of sp³-hybridized carbons (Fsp3) is 0.562. The monoisotopic (exact) mass is 387 g/mol. The Bertz CT molecular complexity index is 464. The van der Waals surface area contributed by atoms with Gasteiger partial charge in [-0.05, 0) is 80.3 Å². The van der Waals surface area contributed by atoms with E-state index < -0.39 is 5.60 Å². The van der Waals surface area contributed by atoms with E-state index in [9.17, 15) is 4.79 Å². The van der Waals surface area contributed by atoms with E-state index in [1.165, 1.54) is 9.13 Å². The number of carbonyl (C=O) groups is 1. The van der Waals surface area contributed by atoms with E-state index in [-0.39, 0.29) is 12.1 Å². The maximum Gasteiger partial charge on any atom is 0.410 e. The lowest BCUT2D eigenvalue weighted by Gasteiger charge is -2.37. The summed E-state index contributed by atoms with van der Waals surface area (Å²) >= 11 is 2.30. The fourth-order valence-electron chi connectivity index (χ4n) is 2.50. The molecule has 1 heterocycles. The van der Waals surface area contributed by atoms with Crippen molar-refractivity contribution in [3.63, 3.8) is 0 Å². The summed E-state index contributed by atoms with van der Waals surface area (Å²) in [4.78, 5) is 14.3. The first kappa shape index (κ1) is 15.6. The molecule has 0 saturated carbocycles. The molecule has 0 N–H and O–H groups in total. The predicted octanol–water partition coefficient (Wildman–Crippen LogP) is 4.75. The Hall–Kier alpha value is -0.780. The van der Waals surface area contributed by atoms with Gasteiger partial charge in [0.05, 0.1) is 6.04 Å². The summed E-state index contributed by atoms with van der Waals surface area (Å²) in [5.41, 5.74) is 0.765. The lowest BCUT2D eigenvalue weighted by atomic mass is 9.96. The minimum absolute atomic E-state index is 0.149. The zero-order chi connectivity index (χ0) is 14.8. The van der Waals surface area contributed by atoms with Crippen molar-refractivity contribution in [2.45, 2.75) is 51.7 Å². The molecule has 0 unspecified atom stereocenters. The Morgan fingerprint density at radius 1 is 1.25 bits per heavy atom. The molecule has 1 aliphatic rings. The number of nitrogens with zero attached hydrogens (tertiary/aromatic N) is 1. The SMILES string of the molecule is CC(C)(C)OC(=O)N1CCCC[C@@H]1c1ccc(I)cc1. The van der Waals surface area contributed by atoms with Gasteiger partial charge in [-0.15, -0.1) is 0 Å². The standard InChI is InChI=1S/C16H22INO2/c1-16(2,3)20-15(19)18-11-5-4-6-14(18)12-7-9-13(17)10-8-12/h7-10,14H,4-6,11H2,1-3H3/t14-/m1/s1. The minimum atomic E-state index is -0.439. The van der Waals surface area contributed by atoms with Crippen LogP contribution in [0.3, 0.4) is 0 Å². The van der Waals surface area contributed by atoms with E-state index in [0.717, 1.165) is 25.8 Å². The van der Waals surface area contributed by atoms with Crippen LogP contribution < -0.4 is 0 Å². The van der Waals surface area contributed by atoms with Gasteiger partial charge in [-0.25, -0.2) is 4.79 Å². The average molecular weight is 387 g/mol. The Morgan fingerprint density at radius 2 is 1.90 bits per heavy atom. The van der Waals surface area contributed by atoms with Crippen LogP contribution in [-0.4, -0.2) is 23.1 Å². The number of hydrogen-bond donors (Lipinski definition) is 0. The van der Waals surface area contributed by atoms with Crippen molar-refractivity contribution in [1.29, 1.82) is 0 Å². The lowest BCUT2D eigenvalue weighted by molar-refractivity contribution is 0.00951. The summed E-state index contributed by atoms with van der Waals surface area (Å²) < 4.78 is 6.75. The quantitative estimate of drug-likeness (QED) is 0.651. The molecule has 2 rings (SSSR count). The number of halogens is 1. The third-order valence-electron chi connectivity index (χ3n) is 3.39. The molecule has 0 aromatic heterocycles. The molecule has 0 bridgehead atoms. The maximum absolute atomic E-state index is 12.4. The van der Waals surface area contributed by atoms with Crippen molar-refractivity contribution < 1.29 is 9.53 Å². The maximum atomic E-state index is 12.4. The van der Waals surface area contributed by atoms with E-state index in [1.54, 1.807) is 0 Å². The van der Waals surface area contributed by atoms with Gasteiger partial charge in [0, 0.05) is 10.1 Å². The second kappa shape index (κ2) is 6.33. The zero-order valence-corrected chi connectivity index (χ0v) is 14.5. The molecule has 1 fully saturated rings. The van der Waals surface area contributed by atoms with Crippen molar-refractivity contribution in [3.8, 4) is 0 Å². The van der Waals surface area contributed by atoms with Crippen molar-refractivity contribution >= 4 is 28.7 Å². The van der Waals surface area contributed by atoms with Crippen LogP contribution >= 0.6 is 22.6 Å². The van der Waals surface area contributed by atoms with Crippen LogP contribution in [-0.2, 0) is 4.74 Å². The summed E-state index contributed by atoms with van der Waals surface area (Å²) in [6, 6.07) is 8.58. The number of rotatable bonds is 1. The average Bonchev–Trinajstić information content (AvgIpc) is 2.38. The van der Waals surface area contributed by atoms with Gasteiger partial charge in [0.25, 0.3) is 0 Å². The summed E-state index contributed by atoms with van der Waals surface area (Å²) in [6.07, 6.45) is 3.04. The smallest absolute Gasteiger partial charge is 0.410 e. The molecule has 1 aromatic rings. The number of benzene rings is 1. The molecular formula is C16H22INO2. The van der Waals surface area contributed by atoms with Gasteiger partial charge in [-0.1, -0.05) is 12.1 Å². The highest BCUT2D eigenvalue weighted by Gasteiger charge is 2.31. The molecule has 1 aromatic carbocycles. The molecule has 110 valence electrons. The van der Waals surface area contributed by atoms with E-state index in [4.69, 9.17) is 4.74 Å². The second-order valence-electron chi connectivity index (χ2n) is 6.24. The van der Waals surface area contributed by atoms with Crippen LogP contribution in [0.25, 0.3) is 0 Å². The summed E-state index contributed by atoms with van der Waals surface area (Å²) in [5, 5.41) is 0. The number of likely N-dealkylation sites (tertiary alicyclic amines) is 1. The topological polar surface area (TPSA) is 29.5 Å². The van der Waals surface area contributed by atoms with Gasteiger partial charge in [0.2, 0.25) is 0 Å². The highest BCUT2D eigenvalue weighted by atomic mass is 127. The van der Waals surface area contributed by atoms with Crippen LogP contribution in [0.2, 0.25) is 0 Å². The van der Waals surface area contributed by atoms with Gasteiger partial charge >= 0.3 is 6.09 Å². The third-order valence-corrected chi connectivity index (χ3v) is 4.10. The molecular weight excluding hydrogens is 365 g/mol. The third kappa shape index (κ3) is 4.11. The second-order valence-corrected chi connectivity index (χ2v) is 7.48. The number of amides is 1. The molecule has 0 aliphatic carbocycles. The van der Waals surface area contributed by atoms with Crippen LogP contribution in [0.5, 0.6) is 0 Å². The molecule has 3 nitrogen and oxygen atoms in total. The van der Waals surface area contributed by atoms with Crippen molar-refractivity contribution in [3.05, 3.63) is 33.4 Å². The van der Waals surface area contributed by atoms with Crippen LogP contribution in [0.15, 0.2) is 24.3 Å². The Morgan fingerprint density at radius 3 is 2.50 bits per heavy atom. The predicted molar refractivity (Wildman–Crippen MR) is 88.7 cm³/mol. The summed E-state index contributed by atoms with van der Waals surface area (Å²) in [5.74, 6) is 0. The summed E-state index contributed by atoms with van der Waals surface area (Å²) in [6.45, 7) is 6.52. The molecule has 4 heteroatoms. The minimum Gasteiger partial charge on any atom is -0.444 e. The first-order valence-electron chi connectivity index (χ1n) is 7.12. The van der Waals surface area contributed by atoms with Gasteiger partial charge in [-0.3, -0.25) is 0 Å². The molecule has 0 spiro atoms. The lowest BCUT2D eigenvalue weighted by Crippen LogP contribution is -2.41. The van der Waals surface area contributed by atoms with Gasteiger partial charge in [0.15, 0.2) is 0 Å². The van der Waals surface area contributed by atoms with Crippen molar-refractivity contribution in [2.75, 3.05) is 6.54 Å². The molecule has 1 saturated heterocycles. The van der Waals surface area contributed by atoms with Gasteiger partial charge < -0.3 is 9.64 Å². The van der Waals surface area contributed by atoms with E-state index in [0.29, 0.717) is 0 Å². The normalized spacial score (nSPS) is 19.8. The molecule has 1 aliphatic heterocycles. The van der Waals surface area contributed by atoms with Gasteiger partial charge in [0.1, 0.15) is 5.60 Å². The zero-order valence-electron chi connectivity index (χ0n) is 12.4. The highest BCUT2D eigenvalue weighted by molar-refractivity contribution is 14.1. The van der Waals surface area contributed by atoms with E-state index >= 15 is 0 Å². The number of ether oxygens (including phenoxy) is 1. The molecule has 1 amide bonds. The first-order valence-corrected chi connectivity index (χ1v) is 8.20. The van der Waals surface area contributed by atoms with E-state index in [2.05, 4.69) is 46.9 Å². The molecule has 20 heavy (non-hydrogen) atoms. The Balaban J connectivity index is 2.16. The Kier molecular flexibility index (Phi) is 4.94. The first-order chi connectivity index (χ1) is 9.37. The van der Waals surface area contributed by atoms with Crippen LogP contribution in [0, 0.1) is 3.57 Å². The van der Waals surface area contributed by atoms with Crippen molar-refractivity contribution in [1.82, 2.24) is 4.90 Å². The fourth-order valence-corrected chi connectivity index (χ4v) is 2.86. The van der Waals surface area contributed by atoms with Gasteiger partial charge in [-0.2, -0.15) is 0 Å². The van der Waals surface area contributed by atoms with Crippen molar-refractivity contribution in [2.24, 2.45) is 0 Å². The number of hydrogen-bond acceptors (Lipinski definition) is 2. The van der Waals surface area contributed by atoms with Crippen LogP contribution in [0.4, 0.5) is 4.79 Å².